The quantitative estimate of drug-likeness (QED) is 0.645. The first kappa shape index (κ1) is 16.2. The van der Waals surface area contributed by atoms with Crippen LogP contribution in [0, 0.1) is 0 Å². The third-order valence-corrected chi connectivity index (χ3v) is 4.23. The lowest BCUT2D eigenvalue weighted by Gasteiger charge is -2.29. The number of hydrogen-bond acceptors (Lipinski definition) is 3. The lowest BCUT2D eigenvalue weighted by atomic mass is 9.76. The number of halogens is 1. The molecule has 0 saturated heterocycles. The van der Waals surface area contributed by atoms with Crippen LogP contribution in [0.4, 0.5) is 0 Å². The van der Waals surface area contributed by atoms with Crippen molar-refractivity contribution in [2.45, 2.75) is 64.7 Å². The second-order valence-corrected chi connectivity index (χ2v) is 5.67. The molecule has 1 aromatic heterocycles. The maximum absolute atomic E-state index is 6.23. The summed E-state index contributed by atoms with van der Waals surface area (Å²) in [5, 5.41) is 8.41. The first-order chi connectivity index (χ1) is 9.07. The fraction of sp³-hybridized carbons (Fsp3) is 0.733. The molecule has 3 nitrogen and oxygen atoms in total. The predicted molar refractivity (Wildman–Crippen MR) is 80.0 cm³/mol. The molecule has 1 rings (SSSR count). The van der Waals surface area contributed by atoms with Crippen molar-refractivity contribution in [1.29, 1.82) is 0 Å². The van der Waals surface area contributed by atoms with Gasteiger partial charge in [-0.05, 0) is 18.3 Å². The highest BCUT2D eigenvalue weighted by atomic mass is 35.5. The van der Waals surface area contributed by atoms with Crippen LogP contribution in [-0.2, 0) is 5.41 Å². The highest BCUT2D eigenvalue weighted by Gasteiger charge is 2.28. The van der Waals surface area contributed by atoms with Crippen molar-refractivity contribution in [3.63, 3.8) is 0 Å². The Kier molecular flexibility index (Phi) is 6.56. The first-order valence-electron chi connectivity index (χ1n) is 7.15. The van der Waals surface area contributed by atoms with Gasteiger partial charge in [-0.2, -0.15) is 0 Å². The van der Waals surface area contributed by atoms with Crippen molar-refractivity contribution in [3.05, 3.63) is 16.8 Å². The van der Waals surface area contributed by atoms with E-state index in [0.29, 0.717) is 11.0 Å². The van der Waals surface area contributed by atoms with Crippen molar-refractivity contribution < 1.29 is 4.74 Å². The summed E-state index contributed by atoms with van der Waals surface area (Å²) in [4.78, 5) is 0. The molecule has 0 fully saturated rings. The van der Waals surface area contributed by atoms with Crippen LogP contribution in [0.5, 0.6) is 5.88 Å². The minimum absolute atomic E-state index is 0.0496. The van der Waals surface area contributed by atoms with Crippen LogP contribution in [0.15, 0.2) is 6.07 Å². The molecule has 19 heavy (non-hydrogen) atoms. The molecule has 0 aromatic carbocycles. The molecule has 1 aromatic rings. The van der Waals surface area contributed by atoms with E-state index in [1.54, 1.807) is 7.11 Å². The Morgan fingerprint density at radius 3 is 2.53 bits per heavy atom. The third-order valence-electron chi connectivity index (χ3n) is 3.95. The van der Waals surface area contributed by atoms with E-state index in [1.807, 2.05) is 6.07 Å². The van der Waals surface area contributed by atoms with Gasteiger partial charge in [-0.1, -0.05) is 58.1 Å². The van der Waals surface area contributed by atoms with E-state index < -0.39 is 0 Å². The van der Waals surface area contributed by atoms with Gasteiger partial charge in [0.05, 0.1) is 7.11 Å². The summed E-state index contributed by atoms with van der Waals surface area (Å²) in [6, 6.07) is 1.93. The van der Waals surface area contributed by atoms with E-state index in [9.17, 15) is 0 Å². The molecule has 0 spiro atoms. The first-order valence-corrected chi connectivity index (χ1v) is 7.53. The highest BCUT2D eigenvalue weighted by molar-refractivity contribution is 6.30. The van der Waals surface area contributed by atoms with E-state index in [-0.39, 0.29) is 5.41 Å². The monoisotopic (exact) mass is 284 g/mol. The Morgan fingerprint density at radius 2 is 1.95 bits per heavy atom. The van der Waals surface area contributed by atoms with E-state index in [0.717, 1.165) is 18.4 Å². The van der Waals surface area contributed by atoms with Crippen LogP contribution in [-0.4, -0.2) is 17.3 Å². The molecule has 0 N–H and O–H groups in total. The average molecular weight is 285 g/mol. The molecule has 0 aliphatic rings. The molecule has 108 valence electrons. The SMILES string of the molecule is CCCCCCC(C)(CC)c1cc(OC)nnc1Cl. The highest BCUT2D eigenvalue weighted by Crippen LogP contribution is 2.37. The second-order valence-electron chi connectivity index (χ2n) is 5.32. The van der Waals surface area contributed by atoms with E-state index in [1.165, 1.54) is 25.7 Å². The van der Waals surface area contributed by atoms with Gasteiger partial charge in [-0.25, -0.2) is 0 Å². The van der Waals surface area contributed by atoms with Gasteiger partial charge < -0.3 is 4.74 Å². The van der Waals surface area contributed by atoms with Crippen LogP contribution >= 0.6 is 11.6 Å². The topological polar surface area (TPSA) is 35.0 Å². The number of ether oxygens (including phenoxy) is 1. The number of nitrogens with zero attached hydrogens (tertiary/aromatic N) is 2. The Balaban J connectivity index is 2.87. The zero-order chi connectivity index (χ0) is 14.3. The van der Waals surface area contributed by atoms with E-state index in [2.05, 4.69) is 31.0 Å². The van der Waals surface area contributed by atoms with Gasteiger partial charge in [0.1, 0.15) is 0 Å². The van der Waals surface area contributed by atoms with Gasteiger partial charge in [-0.15, -0.1) is 10.2 Å². The van der Waals surface area contributed by atoms with Crippen molar-refractivity contribution in [2.75, 3.05) is 7.11 Å². The van der Waals surface area contributed by atoms with Gasteiger partial charge in [0, 0.05) is 11.6 Å². The number of methoxy groups -OCH3 is 1. The molecule has 4 heteroatoms. The fourth-order valence-electron chi connectivity index (χ4n) is 2.33. The molecule has 0 aliphatic heterocycles. The normalized spacial score (nSPS) is 14.2. The molecule has 0 radical (unpaired) electrons. The molecule has 1 heterocycles. The van der Waals surface area contributed by atoms with Gasteiger partial charge in [-0.3, -0.25) is 0 Å². The second kappa shape index (κ2) is 7.68. The summed E-state index contributed by atoms with van der Waals surface area (Å²) in [5.74, 6) is 0.535. The lowest BCUT2D eigenvalue weighted by molar-refractivity contribution is 0.373. The molecule has 1 unspecified atom stereocenters. The van der Waals surface area contributed by atoms with Crippen LogP contribution in [0.1, 0.15) is 64.9 Å². The molecule has 0 bridgehead atoms. The number of aromatic nitrogens is 2. The van der Waals surface area contributed by atoms with Gasteiger partial charge in [0.2, 0.25) is 5.88 Å². The lowest BCUT2D eigenvalue weighted by Crippen LogP contribution is -2.22. The van der Waals surface area contributed by atoms with Gasteiger partial charge in [0.15, 0.2) is 5.15 Å². The molecule has 1 atom stereocenters. The summed E-state index contributed by atoms with van der Waals surface area (Å²) in [5.41, 5.74) is 1.11. The Morgan fingerprint density at radius 1 is 1.21 bits per heavy atom. The van der Waals surface area contributed by atoms with Crippen LogP contribution in [0.25, 0.3) is 0 Å². The van der Waals surface area contributed by atoms with Gasteiger partial charge >= 0.3 is 0 Å². The minimum Gasteiger partial charge on any atom is -0.480 e. The standard InChI is InChI=1S/C15H25ClN2O/c1-5-7-8-9-10-15(3,6-2)12-11-13(19-4)17-18-14(12)16/h11H,5-10H2,1-4H3. The number of rotatable bonds is 8. The number of hydrogen-bond donors (Lipinski definition) is 0. The zero-order valence-electron chi connectivity index (χ0n) is 12.5. The van der Waals surface area contributed by atoms with Crippen molar-refractivity contribution >= 4 is 11.6 Å². The number of unbranched alkanes of at least 4 members (excludes halogenated alkanes) is 3. The fourth-order valence-corrected chi connectivity index (χ4v) is 2.65. The smallest absolute Gasteiger partial charge is 0.233 e. The van der Waals surface area contributed by atoms with E-state index in [4.69, 9.17) is 16.3 Å². The summed E-state index contributed by atoms with van der Waals surface area (Å²) in [6.07, 6.45) is 7.21. The largest absolute Gasteiger partial charge is 0.480 e. The Hall–Kier alpha value is -0.830. The van der Waals surface area contributed by atoms with Crippen LogP contribution in [0.3, 0.4) is 0 Å². The summed E-state index contributed by atoms with van der Waals surface area (Å²) >= 11 is 6.23. The minimum atomic E-state index is 0.0496. The molecule has 0 aliphatic carbocycles. The molecule has 0 saturated carbocycles. The average Bonchev–Trinajstić information content (AvgIpc) is 2.44. The molecular formula is C15H25ClN2O. The zero-order valence-corrected chi connectivity index (χ0v) is 13.3. The van der Waals surface area contributed by atoms with E-state index >= 15 is 0 Å². The van der Waals surface area contributed by atoms with Crippen LogP contribution < -0.4 is 4.74 Å². The summed E-state index contributed by atoms with van der Waals surface area (Å²) in [6.45, 7) is 6.68. The van der Waals surface area contributed by atoms with Crippen molar-refractivity contribution in [3.8, 4) is 5.88 Å². The Bertz CT molecular complexity index is 398. The third kappa shape index (κ3) is 4.34. The predicted octanol–water partition coefficient (Wildman–Crippen LogP) is 4.78. The summed E-state index contributed by atoms with van der Waals surface area (Å²) in [7, 11) is 1.60. The van der Waals surface area contributed by atoms with Crippen molar-refractivity contribution in [1.82, 2.24) is 10.2 Å². The molecule has 0 amide bonds. The van der Waals surface area contributed by atoms with Crippen molar-refractivity contribution in [2.24, 2.45) is 0 Å². The van der Waals surface area contributed by atoms with Gasteiger partial charge in [0.25, 0.3) is 0 Å². The van der Waals surface area contributed by atoms with Crippen LogP contribution in [0.2, 0.25) is 5.15 Å². The molecular weight excluding hydrogens is 260 g/mol. The maximum atomic E-state index is 6.23. The summed E-state index contributed by atoms with van der Waals surface area (Å²) < 4.78 is 5.16. The Labute approximate surface area is 121 Å². The maximum Gasteiger partial charge on any atom is 0.233 e.